The smallest absolute Gasteiger partial charge is 0.249 e. The van der Waals surface area contributed by atoms with Gasteiger partial charge in [0.1, 0.15) is 0 Å². The summed E-state index contributed by atoms with van der Waals surface area (Å²) < 4.78 is 0. The Morgan fingerprint density at radius 1 is 1.29 bits per heavy atom. The molecule has 0 N–H and O–H groups in total. The van der Waals surface area contributed by atoms with Crippen molar-refractivity contribution in [1.82, 2.24) is 9.80 Å². The minimum Gasteiger partial charge on any atom is -0.336 e. The lowest BCUT2D eigenvalue weighted by Gasteiger charge is -2.38. The summed E-state index contributed by atoms with van der Waals surface area (Å²) in [5.41, 5.74) is 1.16. The SMILES string of the molecule is C/C(=C\c1cccs1)C(=O)N1CCN(CC(C)(C)C)CC1. The molecule has 0 atom stereocenters. The first-order valence-corrected chi connectivity index (χ1v) is 8.46. The lowest BCUT2D eigenvalue weighted by Crippen LogP contribution is -2.50. The Bertz CT molecular complexity index is 491. The Kier molecular flexibility index (Phi) is 5.22. The summed E-state index contributed by atoms with van der Waals surface area (Å²) in [5, 5.41) is 2.04. The zero-order valence-electron chi connectivity index (χ0n) is 13.6. The van der Waals surface area contributed by atoms with Gasteiger partial charge in [-0.1, -0.05) is 26.8 Å². The summed E-state index contributed by atoms with van der Waals surface area (Å²) in [6.45, 7) is 13.4. The Hall–Kier alpha value is -1.13. The van der Waals surface area contributed by atoms with Crippen molar-refractivity contribution in [2.24, 2.45) is 5.41 Å². The van der Waals surface area contributed by atoms with E-state index in [1.54, 1.807) is 11.3 Å². The van der Waals surface area contributed by atoms with Gasteiger partial charge in [-0.05, 0) is 29.9 Å². The second kappa shape index (κ2) is 6.75. The summed E-state index contributed by atoms with van der Waals surface area (Å²) >= 11 is 1.67. The van der Waals surface area contributed by atoms with Crippen molar-refractivity contribution >= 4 is 23.3 Å². The molecule has 2 rings (SSSR count). The zero-order valence-corrected chi connectivity index (χ0v) is 14.4. The number of carbonyl (C=O) groups excluding carboxylic acids is 1. The summed E-state index contributed by atoms with van der Waals surface area (Å²) in [5.74, 6) is 0.179. The number of piperazine rings is 1. The second-order valence-electron chi connectivity index (χ2n) is 6.97. The highest BCUT2D eigenvalue weighted by atomic mass is 32.1. The zero-order chi connectivity index (χ0) is 15.5. The minimum atomic E-state index is 0.179. The fraction of sp³-hybridized carbons (Fsp3) is 0.588. The molecule has 0 spiro atoms. The molecule has 4 heteroatoms. The molecule has 2 heterocycles. The van der Waals surface area contributed by atoms with E-state index < -0.39 is 0 Å². The summed E-state index contributed by atoms with van der Waals surface area (Å²) in [6.07, 6.45) is 1.99. The van der Waals surface area contributed by atoms with Gasteiger partial charge in [-0.3, -0.25) is 9.69 Å². The van der Waals surface area contributed by atoms with Crippen LogP contribution in [0.3, 0.4) is 0 Å². The average molecular weight is 306 g/mol. The molecule has 1 amide bonds. The minimum absolute atomic E-state index is 0.179. The van der Waals surface area contributed by atoms with Gasteiger partial charge < -0.3 is 4.90 Å². The average Bonchev–Trinajstić information content (AvgIpc) is 2.90. The van der Waals surface area contributed by atoms with Gasteiger partial charge in [-0.2, -0.15) is 0 Å². The molecule has 1 aromatic rings. The maximum atomic E-state index is 12.5. The first kappa shape index (κ1) is 16.2. The van der Waals surface area contributed by atoms with Crippen LogP contribution in [0.25, 0.3) is 6.08 Å². The van der Waals surface area contributed by atoms with Gasteiger partial charge in [-0.25, -0.2) is 0 Å². The summed E-state index contributed by atoms with van der Waals surface area (Å²) in [6, 6.07) is 4.06. The van der Waals surface area contributed by atoms with Crippen LogP contribution in [0.4, 0.5) is 0 Å². The van der Waals surface area contributed by atoms with Gasteiger partial charge in [0.2, 0.25) is 5.91 Å². The number of amides is 1. The molecule has 1 aromatic heterocycles. The number of hydrogen-bond acceptors (Lipinski definition) is 3. The van der Waals surface area contributed by atoms with Crippen molar-refractivity contribution in [3.05, 3.63) is 28.0 Å². The molecule has 0 unspecified atom stereocenters. The summed E-state index contributed by atoms with van der Waals surface area (Å²) in [7, 11) is 0. The number of thiophene rings is 1. The fourth-order valence-electron chi connectivity index (χ4n) is 2.68. The van der Waals surface area contributed by atoms with Crippen molar-refractivity contribution in [2.45, 2.75) is 27.7 Å². The molecule has 1 aliphatic rings. The molecule has 116 valence electrons. The molecule has 21 heavy (non-hydrogen) atoms. The number of hydrogen-bond donors (Lipinski definition) is 0. The third-order valence-electron chi connectivity index (χ3n) is 3.60. The van der Waals surface area contributed by atoms with Gasteiger partial charge in [-0.15, -0.1) is 11.3 Å². The Morgan fingerprint density at radius 2 is 1.95 bits per heavy atom. The first-order chi connectivity index (χ1) is 9.85. The van der Waals surface area contributed by atoms with E-state index in [1.807, 2.05) is 35.4 Å². The van der Waals surface area contributed by atoms with Gasteiger partial charge >= 0.3 is 0 Å². The van der Waals surface area contributed by atoms with E-state index >= 15 is 0 Å². The molecule has 1 fully saturated rings. The van der Waals surface area contributed by atoms with Gasteiger partial charge in [0.15, 0.2) is 0 Å². The topological polar surface area (TPSA) is 23.6 Å². The van der Waals surface area contributed by atoms with E-state index in [0.29, 0.717) is 5.41 Å². The number of nitrogens with zero attached hydrogens (tertiary/aromatic N) is 2. The monoisotopic (exact) mass is 306 g/mol. The van der Waals surface area contributed by atoms with Crippen LogP contribution in [-0.4, -0.2) is 48.4 Å². The van der Waals surface area contributed by atoms with Crippen LogP contribution in [-0.2, 0) is 4.79 Å². The number of carbonyl (C=O) groups is 1. The van der Waals surface area contributed by atoms with Crippen molar-refractivity contribution in [3.63, 3.8) is 0 Å². The van der Waals surface area contributed by atoms with E-state index in [-0.39, 0.29) is 5.91 Å². The highest BCUT2D eigenvalue weighted by Crippen LogP contribution is 2.18. The van der Waals surface area contributed by atoms with Crippen molar-refractivity contribution in [3.8, 4) is 0 Å². The molecule has 1 saturated heterocycles. The summed E-state index contributed by atoms with van der Waals surface area (Å²) in [4.78, 5) is 18.1. The molecule has 0 aromatic carbocycles. The van der Waals surface area contributed by atoms with Crippen molar-refractivity contribution in [1.29, 1.82) is 0 Å². The van der Waals surface area contributed by atoms with E-state index in [1.165, 1.54) is 0 Å². The lowest BCUT2D eigenvalue weighted by atomic mass is 9.96. The maximum absolute atomic E-state index is 12.5. The normalized spacial score (nSPS) is 18.1. The molecule has 0 saturated carbocycles. The van der Waals surface area contributed by atoms with Crippen LogP contribution in [0.15, 0.2) is 23.1 Å². The van der Waals surface area contributed by atoms with Gasteiger partial charge in [0.25, 0.3) is 0 Å². The molecule has 0 radical (unpaired) electrons. The number of rotatable bonds is 3. The van der Waals surface area contributed by atoms with E-state index in [9.17, 15) is 4.79 Å². The Balaban J connectivity index is 1.88. The van der Waals surface area contributed by atoms with Crippen LogP contribution < -0.4 is 0 Å². The molecule has 0 bridgehead atoms. The predicted octanol–water partition coefficient (Wildman–Crippen LogP) is 3.34. The van der Waals surface area contributed by atoms with Crippen LogP contribution in [0, 0.1) is 5.41 Å². The van der Waals surface area contributed by atoms with Crippen LogP contribution in [0.1, 0.15) is 32.6 Å². The van der Waals surface area contributed by atoms with Crippen LogP contribution >= 0.6 is 11.3 Å². The van der Waals surface area contributed by atoms with Crippen molar-refractivity contribution in [2.75, 3.05) is 32.7 Å². The van der Waals surface area contributed by atoms with Gasteiger partial charge in [0, 0.05) is 43.2 Å². The standard InChI is InChI=1S/C17H26N2OS/c1-14(12-15-6-5-11-21-15)16(20)19-9-7-18(8-10-19)13-17(2,3)4/h5-6,11-12H,7-10,13H2,1-4H3/b14-12+. The van der Waals surface area contributed by atoms with Crippen molar-refractivity contribution < 1.29 is 4.79 Å². The molecule has 3 nitrogen and oxygen atoms in total. The van der Waals surface area contributed by atoms with E-state index in [2.05, 4.69) is 25.7 Å². The largest absolute Gasteiger partial charge is 0.336 e. The molecule has 1 aliphatic heterocycles. The van der Waals surface area contributed by atoms with E-state index in [0.717, 1.165) is 43.2 Å². The highest BCUT2D eigenvalue weighted by Gasteiger charge is 2.24. The predicted molar refractivity (Wildman–Crippen MR) is 90.4 cm³/mol. The maximum Gasteiger partial charge on any atom is 0.249 e. The molecule has 0 aliphatic carbocycles. The third-order valence-corrected chi connectivity index (χ3v) is 4.42. The lowest BCUT2D eigenvalue weighted by molar-refractivity contribution is -0.128. The Morgan fingerprint density at radius 3 is 2.48 bits per heavy atom. The van der Waals surface area contributed by atoms with E-state index in [4.69, 9.17) is 0 Å². The fourth-order valence-corrected chi connectivity index (χ4v) is 3.39. The first-order valence-electron chi connectivity index (χ1n) is 7.58. The van der Waals surface area contributed by atoms with Gasteiger partial charge in [0.05, 0.1) is 0 Å². The molecular weight excluding hydrogens is 280 g/mol. The third kappa shape index (κ3) is 4.97. The van der Waals surface area contributed by atoms with Crippen LogP contribution in [0.2, 0.25) is 0 Å². The molecular formula is C17H26N2OS. The second-order valence-corrected chi connectivity index (χ2v) is 7.95. The quantitative estimate of drug-likeness (QED) is 0.800. The highest BCUT2D eigenvalue weighted by molar-refractivity contribution is 7.10. The Labute approximate surface area is 132 Å². The van der Waals surface area contributed by atoms with Crippen LogP contribution in [0.5, 0.6) is 0 Å².